The summed E-state index contributed by atoms with van der Waals surface area (Å²) in [5.41, 5.74) is 1.38. The predicted molar refractivity (Wildman–Crippen MR) is 111 cm³/mol. The van der Waals surface area contributed by atoms with Crippen LogP contribution in [0, 0.1) is 5.82 Å². The number of nitrogens with zero attached hydrogens (tertiary/aromatic N) is 6. The van der Waals surface area contributed by atoms with Gasteiger partial charge in [-0.25, -0.2) is 9.37 Å². The number of hydrogen-bond donors (Lipinski definition) is 0. The number of pyridine rings is 1. The second-order valence-electron chi connectivity index (χ2n) is 7.59. The van der Waals surface area contributed by atoms with Crippen molar-refractivity contribution in [1.82, 2.24) is 29.1 Å². The Hall–Kier alpha value is -3.92. The Morgan fingerprint density at radius 2 is 2.06 bits per heavy atom. The summed E-state index contributed by atoms with van der Waals surface area (Å²) in [7, 11) is 0. The van der Waals surface area contributed by atoms with Crippen LogP contribution in [0.5, 0.6) is 0 Å². The molecule has 1 aliphatic rings. The molecule has 1 atom stereocenters. The fourth-order valence-corrected chi connectivity index (χ4v) is 4.13. The van der Waals surface area contributed by atoms with E-state index in [0.717, 1.165) is 12.8 Å². The Bertz CT molecular complexity index is 1500. The van der Waals surface area contributed by atoms with Crippen LogP contribution in [-0.4, -0.2) is 35.7 Å². The monoisotopic (exact) mass is 432 g/mol. The number of halogens is 1. The van der Waals surface area contributed by atoms with Gasteiger partial charge in [-0.05, 0) is 37.1 Å². The third-order valence-corrected chi connectivity index (χ3v) is 5.62. The summed E-state index contributed by atoms with van der Waals surface area (Å²) in [4.78, 5) is 26.7. The van der Waals surface area contributed by atoms with Gasteiger partial charge in [0.15, 0.2) is 0 Å². The maximum absolute atomic E-state index is 14.9. The van der Waals surface area contributed by atoms with Gasteiger partial charge in [-0.2, -0.15) is 4.98 Å². The lowest BCUT2D eigenvalue weighted by molar-refractivity contribution is 0.0835. The van der Waals surface area contributed by atoms with Crippen LogP contribution >= 0.6 is 0 Å². The molecule has 5 heterocycles. The normalized spacial score (nSPS) is 16.3. The van der Waals surface area contributed by atoms with E-state index in [-0.39, 0.29) is 35.2 Å². The number of imidazole rings is 1. The molecule has 1 unspecified atom stereocenters. The van der Waals surface area contributed by atoms with Crippen LogP contribution in [0.2, 0.25) is 0 Å². The number of fused-ring (bicyclic) bond motifs is 3. The van der Waals surface area contributed by atoms with Crippen molar-refractivity contribution in [2.45, 2.75) is 25.5 Å². The summed E-state index contributed by atoms with van der Waals surface area (Å²) < 4.78 is 28.8. The highest BCUT2D eigenvalue weighted by molar-refractivity contribution is 5.84. The fraction of sp³-hybridized carbons (Fsp3) is 0.227. The molecule has 0 aliphatic carbocycles. The number of aromatic nitrogens is 6. The van der Waals surface area contributed by atoms with Crippen LogP contribution in [0.15, 0.2) is 58.2 Å². The molecular formula is C22H17FN6O3. The van der Waals surface area contributed by atoms with E-state index in [1.54, 1.807) is 34.9 Å². The largest absolute Gasteiger partial charge is 0.368 e. The Labute approximate surface area is 180 Å². The SMILES string of the molecule is O=c1c2c(-c3noc(C4CCCO4)n3)ncn2c2cccc(F)c2n1Cc1ccccn1. The summed E-state index contributed by atoms with van der Waals surface area (Å²) in [5, 5.41) is 4.03. The van der Waals surface area contributed by atoms with Crippen LogP contribution in [0.3, 0.4) is 0 Å². The molecule has 4 aromatic heterocycles. The molecule has 0 amide bonds. The Kier molecular flexibility index (Phi) is 4.32. The maximum atomic E-state index is 14.9. The highest BCUT2D eigenvalue weighted by atomic mass is 19.1. The number of rotatable bonds is 4. The van der Waals surface area contributed by atoms with E-state index in [1.807, 2.05) is 6.07 Å². The van der Waals surface area contributed by atoms with Crippen molar-refractivity contribution in [1.29, 1.82) is 0 Å². The van der Waals surface area contributed by atoms with E-state index in [4.69, 9.17) is 9.26 Å². The summed E-state index contributed by atoms with van der Waals surface area (Å²) >= 11 is 0. The predicted octanol–water partition coefficient (Wildman–Crippen LogP) is 3.13. The first-order chi connectivity index (χ1) is 15.7. The van der Waals surface area contributed by atoms with Crippen molar-refractivity contribution in [2.24, 2.45) is 0 Å². The van der Waals surface area contributed by atoms with E-state index in [9.17, 15) is 9.18 Å². The lowest BCUT2D eigenvalue weighted by atomic mass is 10.2. The molecule has 1 fully saturated rings. The Morgan fingerprint density at radius 3 is 2.88 bits per heavy atom. The third-order valence-electron chi connectivity index (χ3n) is 5.62. The molecule has 5 aromatic rings. The molecule has 0 spiro atoms. The van der Waals surface area contributed by atoms with E-state index in [1.165, 1.54) is 17.0 Å². The van der Waals surface area contributed by atoms with Gasteiger partial charge in [0.05, 0.1) is 17.8 Å². The van der Waals surface area contributed by atoms with E-state index < -0.39 is 11.4 Å². The zero-order valence-electron chi connectivity index (χ0n) is 16.8. The van der Waals surface area contributed by atoms with Crippen LogP contribution in [-0.2, 0) is 11.3 Å². The minimum atomic E-state index is -0.507. The first-order valence-corrected chi connectivity index (χ1v) is 10.2. The van der Waals surface area contributed by atoms with Gasteiger partial charge in [0.1, 0.15) is 35.0 Å². The molecule has 32 heavy (non-hydrogen) atoms. The highest BCUT2D eigenvalue weighted by Gasteiger charge is 2.27. The first-order valence-electron chi connectivity index (χ1n) is 10.2. The van der Waals surface area contributed by atoms with Gasteiger partial charge < -0.3 is 9.26 Å². The van der Waals surface area contributed by atoms with Gasteiger partial charge in [-0.1, -0.05) is 17.3 Å². The third kappa shape index (κ3) is 2.91. The van der Waals surface area contributed by atoms with Gasteiger partial charge in [-0.3, -0.25) is 18.7 Å². The molecule has 1 saturated heterocycles. The Morgan fingerprint density at radius 1 is 1.12 bits per heavy atom. The van der Waals surface area contributed by atoms with Crippen molar-refractivity contribution >= 4 is 16.6 Å². The van der Waals surface area contributed by atoms with Crippen molar-refractivity contribution in [3.05, 3.63) is 76.7 Å². The van der Waals surface area contributed by atoms with Crippen LogP contribution < -0.4 is 5.56 Å². The number of benzene rings is 1. The second kappa shape index (κ2) is 7.34. The summed E-state index contributed by atoms with van der Waals surface area (Å²) in [6, 6.07) is 10.0. The lowest BCUT2D eigenvalue weighted by Crippen LogP contribution is -2.24. The van der Waals surface area contributed by atoms with E-state index >= 15 is 0 Å². The minimum Gasteiger partial charge on any atom is -0.368 e. The van der Waals surface area contributed by atoms with Gasteiger partial charge in [0.2, 0.25) is 5.82 Å². The molecular weight excluding hydrogens is 415 g/mol. The zero-order valence-corrected chi connectivity index (χ0v) is 16.8. The van der Waals surface area contributed by atoms with E-state index in [2.05, 4.69) is 20.1 Å². The van der Waals surface area contributed by atoms with Crippen LogP contribution in [0.25, 0.3) is 28.1 Å². The molecule has 0 radical (unpaired) electrons. The van der Waals surface area contributed by atoms with Gasteiger partial charge in [0, 0.05) is 12.8 Å². The first kappa shape index (κ1) is 18.8. The molecule has 6 rings (SSSR count). The van der Waals surface area contributed by atoms with Crippen LogP contribution in [0.1, 0.15) is 30.5 Å². The van der Waals surface area contributed by atoms with Crippen molar-refractivity contribution in [3.8, 4) is 11.5 Å². The van der Waals surface area contributed by atoms with Gasteiger partial charge in [-0.15, -0.1) is 0 Å². The van der Waals surface area contributed by atoms with Crippen LogP contribution in [0.4, 0.5) is 4.39 Å². The summed E-state index contributed by atoms with van der Waals surface area (Å²) in [6.07, 6.45) is 4.58. The zero-order chi connectivity index (χ0) is 21.7. The standard InChI is InChI=1S/C22H17FN6O3/c23-14-6-3-7-15-18(14)28(11-13-5-1-2-9-24-13)22(30)19-17(25-12-29(15)19)20-26-21(32-27-20)16-8-4-10-31-16/h1-3,5-7,9,12,16H,4,8,10-11H2. The lowest BCUT2D eigenvalue weighted by Gasteiger charge is -2.13. The quantitative estimate of drug-likeness (QED) is 0.430. The molecule has 1 aromatic carbocycles. The van der Waals surface area contributed by atoms with Gasteiger partial charge in [0.25, 0.3) is 11.4 Å². The molecule has 0 saturated carbocycles. The highest BCUT2D eigenvalue weighted by Crippen LogP contribution is 2.30. The van der Waals surface area contributed by atoms with E-state index in [0.29, 0.717) is 23.7 Å². The average Bonchev–Trinajstić information content (AvgIpc) is 3.57. The number of ether oxygens (including phenoxy) is 1. The van der Waals surface area contributed by atoms with Gasteiger partial charge >= 0.3 is 0 Å². The molecule has 160 valence electrons. The number of hydrogen-bond acceptors (Lipinski definition) is 7. The summed E-state index contributed by atoms with van der Waals surface area (Å²) in [5.74, 6) is 0.0439. The molecule has 1 aliphatic heterocycles. The molecule has 0 N–H and O–H groups in total. The van der Waals surface area contributed by atoms with Crippen molar-refractivity contribution < 1.29 is 13.7 Å². The average molecular weight is 432 g/mol. The smallest absolute Gasteiger partial charge is 0.278 e. The maximum Gasteiger partial charge on any atom is 0.278 e. The topological polar surface area (TPSA) is 100 Å². The van der Waals surface area contributed by atoms with Crippen molar-refractivity contribution in [3.63, 3.8) is 0 Å². The second-order valence-corrected chi connectivity index (χ2v) is 7.59. The Balaban J connectivity index is 1.58. The summed E-state index contributed by atoms with van der Waals surface area (Å²) in [6.45, 7) is 0.747. The minimum absolute atomic E-state index is 0.103. The molecule has 10 heteroatoms. The fourth-order valence-electron chi connectivity index (χ4n) is 4.13. The van der Waals surface area contributed by atoms with Crippen molar-refractivity contribution in [2.75, 3.05) is 6.61 Å². The molecule has 9 nitrogen and oxygen atoms in total. The number of para-hydroxylation sites is 1. The molecule has 0 bridgehead atoms.